The predicted molar refractivity (Wildman–Crippen MR) is 127 cm³/mol. The van der Waals surface area contributed by atoms with Crippen LogP contribution in [-0.2, 0) is 6.18 Å². The Bertz CT molecular complexity index is 1560. The van der Waals surface area contributed by atoms with Gasteiger partial charge in [0.2, 0.25) is 5.95 Å². The van der Waals surface area contributed by atoms with E-state index in [9.17, 15) is 17.6 Å². The standard InChI is InChI=1S/C23H19F4N11/c24-17-7-16(1-2-19(17)38-13-32-34-35-38)33-18-10-28-12-37-20(11-29-21(18)37)14-3-5-36(6-4-14)22-30-8-15(9-31-22)23(25,26)27/h1-2,7-14,33H,3-6H2. The fraction of sp³-hybridized carbons (Fsp3) is 0.261. The Kier molecular flexibility index (Phi) is 5.81. The molecule has 5 aromatic rings. The van der Waals surface area contributed by atoms with E-state index in [1.807, 2.05) is 9.30 Å². The molecule has 11 nitrogen and oxygen atoms in total. The first-order valence-electron chi connectivity index (χ1n) is 11.6. The Labute approximate surface area is 212 Å². The maximum absolute atomic E-state index is 14.6. The van der Waals surface area contributed by atoms with Crippen LogP contribution in [0.1, 0.15) is 30.0 Å². The Hall–Kier alpha value is -4.69. The van der Waals surface area contributed by atoms with Crippen LogP contribution in [0.3, 0.4) is 0 Å². The predicted octanol–water partition coefficient (Wildman–Crippen LogP) is 3.78. The lowest BCUT2D eigenvalue weighted by atomic mass is 9.94. The summed E-state index contributed by atoms with van der Waals surface area (Å²) < 4.78 is 56.2. The molecule has 1 aliphatic heterocycles. The van der Waals surface area contributed by atoms with Crippen LogP contribution >= 0.6 is 0 Å². The minimum atomic E-state index is -4.47. The van der Waals surface area contributed by atoms with Crippen LogP contribution < -0.4 is 10.2 Å². The molecule has 1 N–H and O–H groups in total. The Morgan fingerprint density at radius 2 is 1.74 bits per heavy atom. The van der Waals surface area contributed by atoms with Crippen LogP contribution in [0.25, 0.3) is 11.3 Å². The van der Waals surface area contributed by atoms with E-state index in [1.54, 1.807) is 30.9 Å². The molecule has 0 atom stereocenters. The molecule has 4 aromatic heterocycles. The lowest BCUT2D eigenvalue weighted by molar-refractivity contribution is -0.138. The normalized spacial score (nSPS) is 14.8. The van der Waals surface area contributed by atoms with E-state index in [-0.39, 0.29) is 17.6 Å². The number of benzene rings is 1. The fourth-order valence-corrected chi connectivity index (χ4v) is 4.52. The lowest BCUT2D eigenvalue weighted by Crippen LogP contribution is -2.34. The molecule has 6 rings (SSSR count). The van der Waals surface area contributed by atoms with Gasteiger partial charge in [0.15, 0.2) is 11.5 Å². The van der Waals surface area contributed by atoms with E-state index in [2.05, 4.69) is 40.8 Å². The van der Waals surface area contributed by atoms with Gasteiger partial charge in [0.25, 0.3) is 0 Å². The molecular formula is C23H19F4N11. The van der Waals surface area contributed by atoms with Crippen molar-refractivity contribution in [3.05, 3.63) is 72.7 Å². The van der Waals surface area contributed by atoms with E-state index in [1.165, 1.54) is 17.1 Å². The van der Waals surface area contributed by atoms with Gasteiger partial charge >= 0.3 is 6.18 Å². The molecular weight excluding hydrogens is 506 g/mol. The third kappa shape index (κ3) is 4.46. The van der Waals surface area contributed by atoms with Gasteiger partial charge in [0.1, 0.15) is 24.0 Å². The van der Waals surface area contributed by atoms with E-state index in [0.717, 1.165) is 30.9 Å². The minimum absolute atomic E-state index is 0.153. The minimum Gasteiger partial charge on any atom is -0.351 e. The number of rotatable bonds is 5. The largest absolute Gasteiger partial charge is 0.419 e. The number of hydrogen-bond acceptors (Lipinski definition) is 9. The van der Waals surface area contributed by atoms with E-state index in [0.29, 0.717) is 30.1 Å². The molecule has 0 unspecified atom stereocenters. The van der Waals surface area contributed by atoms with Crippen molar-refractivity contribution >= 4 is 23.0 Å². The lowest BCUT2D eigenvalue weighted by Gasteiger charge is -2.31. The summed E-state index contributed by atoms with van der Waals surface area (Å²) in [5.41, 5.74) is 2.04. The summed E-state index contributed by atoms with van der Waals surface area (Å²) >= 11 is 0. The summed E-state index contributed by atoms with van der Waals surface area (Å²) in [5, 5.41) is 13.9. The highest BCUT2D eigenvalue weighted by Gasteiger charge is 2.32. The number of aromatic nitrogens is 9. The van der Waals surface area contributed by atoms with E-state index >= 15 is 0 Å². The van der Waals surface area contributed by atoms with Crippen LogP contribution in [-0.4, -0.2) is 57.6 Å². The highest BCUT2D eigenvalue weighted by molar-refractivity contribution is 5.73. The molecule has 5 heterocycles. The van der Waals surface area contributed by atoms with Gasteiger partial charge < -0.3 is 10.2 Å². The zero-order valence-electron chi connectivity index (χ0n) is 19.6. The second kappa shape index (κ2) is 9.32. The topological polar surface area (TPSA) is 115 Å². The molecule has 1 aromatic carbocycles. The first kappa shape index (κ1) is 23.7. The zero-order chi connectivity index (χ0) is 26.3. The molecule has 0 aliphatic carbocycles. The van der Waals surface area contributed by atoms with Gasteiger partial charge in [-0.25, -0.2) is 24.3 Å². The molecule has 0 radical (unpaired) electrons. The molecule has 0 amide bonds. The van der Waals surface area contributed by atoms with Crippen molar-refractivity contribution < 1.29 is 17.6 Å². The molecule has 38 heavy (non-hydrogen) atoms. The fourth-order valence-electron chi connectivity index (χ4n) is 4.52. The summed E-state index contributed by atoms with van der Waals surface area (Å²) in [5.74, 6) is -0.0723. The van der Waals surface area contributed by atoms with Crippen LogP contribution in [0, 0.1) is 5.82 Å². The number of piperidine rings is 1. The molecule has 194 valence electrons. The third-order valence-corrected chi connectivity index (χ3v) is 6.44. The summed E-state index contributed by atoms with van der Waals surface area (Å²) in [4.78, 5) is 18.6. The molecule has 1 aliphatic rings. The highest BCUT2D eigenvalue weighted by atomic mass is 19.4. The van der Waals surface area contributed by atoms with Gasteiger partial charge in [-0.1, -0.05) is 0 Å². The maximum Gasteiger partial charge on any atom is 0.419 e. The zero-order valence-corrected chi connectivity index (χ0v) is 19.6. The number of imidazole rings is 1. The number of alkyl halides is 3. The van der Waals surface area contributed by atoms with E-state index < -0.39 is 17.6 Å². The van der Waals surface area contributed by atoms with Gasteiger partial charge in [-0.05, 0) is 41.5 Å². The first-order valence-corrected chi connectivity index (χ1v) is 11.6. The number of hydrogen-bond donors (Lipinski definition) is 1. The van der Waals surface area contributed by atoms with Gasteiger partial charge in [0, 0.05) is 49.0 Å². The monoisotopic (exact) mass is 525 g/mol. The second-order valence-electron chi connectivity index (χ2n) is 8.76. The quantitative estimate of drug-likeness (QED) is 0.342. The van der Waals surface area contributed by atoms with Gasteiger partial charge in [0.05, 0.1) is 11.8 Å². The number of fused-ring (bicyclic) bond motifs is 1. The van der Waals surface area contributed by atoms with Crippen molar-refractivity contribution in [2.45, 2.75) is 24.9 Å². The average Bonchev–Trinajstić information content (AvgIpc) is 3.60. The van der Waals surface area contributed by atoms with Crippen LogP contribution in [0.5, 0.6) is 0 Å². The van der Waals surface area contributed by atoms with Crippen molar-refractivity contribution in [3.8, 4) is 5.69 Å². The van der Waals surface area contributed by atoms with Crippen molar-refractivity contribution in [3.63, 3.8) is 0 Å². The Morgan fingerprint density at radius 3 is 2.42 bits per heavy atom. The number of halogens is 4. The number of anilines is 3. The summed E-state index contributed by atoms with van der Waals surface area (Å²) in [6, 6.07) is 4.60. The summed E-state index contributed by atoms with van der Waals surface area (Å²) in [6.07, 6.45) is 5.01. The van der Waals surface area contributed by atoms with Crippen molar-refractivity contribution in [2.24, 2.45) is 0 Å². The van der Waals surface area contributed by atoms with Crippen LogP contribution in [0.4, 0.5) is 34.9 Å². The summed E-state index contributed by atoms with van der Waals surface area (Å²) in [6.45, 7) is 1.17. The van der Waals surface area contributed by atoms with Crippen LogP contribution in [0.15, 0.2) is 55.6 Å². The SMILES string of the molecule is Fc1cc(Nc2cncn3c(C4CCN(c5ncc(C(F)(F)F)cn5)CC4)cnc23)ccc1-n1cnnn1. The highest BCUT2D eigenvalue weighted by Crippen LogP contribution is 2.33. The molecule has 1 saturated heterocycles. The third-order valence-electron chi connectivity index (χ3n) is 6.44. The second-order valence-corrected chi connectivity index (χ2v) is 8.76. The Morgan fingerprint density at radius 1 is 0.947 bits per heavy atom. The molecule has 0 bridgehead atoms. The van der Waals surface area contributed by atoms with Crippen molar-refractivity contribution in [1.82, 2.24) is 44.5 Å². The number of tetrazole rings is 1. The summed E-state index contributed by atoms with van der Waals surface area (Å²) in [7, 11) is 0. The molecule has 1 fully saturated rings. The van der Waals surface area contributed by atoms with Gasteiger partial charge in [-0.3, -0.25) is 4.40 Å². The molecule has 0 spiro atoms. The molecule has 15 heteroatoms. The van der Waals surface area contributed by atoms with Crippen LogP contribution in [0.2, 0.25) is 0 Å². The number of nitrogens with one attached hydrogen (secondary N) is 1. The number of nitrogens with zero attached hydrogens (tertiary/aromatic N) is 10. The smallest absolute Gasteiger partial charge is 0.351 e. The van der Waals surface area contributed by atoms with Crippen molar-refractivity contribution in [2.75, 3.05) is 23.3 Å². The maximum atomic E-state index is 14.6. The Balaban J connectivity index is 1.17. The average molecular weight is 525 g/mol. The molecule has 0 saturated carbocycles. The first-order chi connectivity index (χ1) is 18.4. The van der Waals surface area contributed by atoms with Crippen molar-refractivity contribution in [1.29, 1.82) is 0 Å². The van der Waals surface area contributed by atoms with Gasteiger partial charge in [-0.15, -0.1) is 5.10 Å². The van der Waals surface area contributed by atoms with Gasteiger partial charge in [-0.2, -0.15) is 17.9 Å². The van der Waals surface area contributed by atoms with E-state index in [4.69, 9.17) is 0 Å².